The lowest BCUT2D eigenvalue weighted by Gasteiger charge is -2.08. The van der Waals surface area contributed by atoms with Crippen LogP contribution >= 0.6 is 0 Å². The summed E-state index contributed by atoms with van der Waals surface area (Å²) in [6, 6.07) is 7.07. The maximum Gasteiger partial charge on any atom is 0.240 e. The number of nitrogens with one attached hydrogen (secondary N) is 1. The van der Waals surface area contributed by atoms with Crippen LogP contribution in [0.4, 0.5) is 0 Å². The number of aliphatic hydroxyl groups is 1. The quantitative estimate of drug-likeness (QED) is 0.688. The summed E-state index contributed by atoms with van der Waals surface area (Å²) in [4.78, 5) is 0.312. The monoisotopic (exact) mass is 299 g/mol. The molecule has 0 aliphatic heterocycles. The molecule has 114 valence electrons. The van der Waals surface area contributed by atoms with Crippen LogP contribution in [-0.2, 0) is 16.4 Å². The fraction of sp³-hybridized carbons (Fsp3) is 0.600. The third-order valence-electron chi connectivity index (χ3n) is 3.00. The zero-order valence-corrected chi connectivity index (χ0v) is 13.1. The Morgan fingerprint density at radius 1 is 1.10 bits per heavy atom. The summed E-state index contributed by atoms with van der Waals surface area (Å²) >= 11 is 0. The van der Waals surface area contributed by atoms with E-state index in [2.05, 4.69) is 18.6 Å². The molecule has 4 nitrogen and oxygen atoms in total. The van der Waals surface area contributed by atoms with Crippen molar-refractivity contribution < 1.29 is 13.5 Å². The Morgan fingerprint density at radius 2 is 1.75 bits per heavy atom. The summed E-state index contributed by atoms with van der Waals surface area (Å²) in [5.41, 5.74) is 1.15. The van der Waals surface area contributed by atoms with Crippen LogP contribution in [0.2, 0.25) is 0 Å². The first-order chi connectivity index (χ1) is 9.45. The molecule has 1 aromatic carbocycles. The lowest BCUT2D eigenvalue weighted by molar-refractivity contribution is 0.283. The number of aliphatic hydroxyl groups excluding tert-OH is 1. The molecule has 0 aromatic heterocycles. The Bertz CT molecular complexity index is 480. The largest absolute Gasteiger partial charge is 0.396 e. The summed E-state index contributed by atoms with van der Waals surface area (Å²) < 4.78 is 26.7. The number of hydrogen-bond donors (Lipinski definition) is 2. The standard InChI is InChI=1S/C15H25NO3S/c1-13(2)12-14-6-8-15(9-7-14)20(18,19)16-10-4-3-5-11-17/h6-9,13,16-17H,3-5,10-12H2,1-2H3. The average Bonchev–Trinajstić information content (AvgIpc) is 2.38. The summed E-state index contributed by atoms with van der Waals surface area (Å²) in [5, 5.41) is 8.65. The van der Waals surface area contributed by atoms with Crippen LogP contribution in [0.3, 0.4) is 0 Å². The highest BCUT2D eigenvalue weighted by atomic mass is 32.2. The van der Waals surface area contributed by atoms with Gasteiger partial charge in [0.1, 0.15) is 0 Å². The Morgan fingerprint density at radius 3 is 2.30 bits per heavy atom. The van der Waals surface area contributed by atoms with Gasteiger partial charge in [-0.25, -0.2) is 13.1 Å². The van der Waals surface area contributed by atoms with Crippen molar-refractivity contribution in [3.05, 3.63) is 29.8 Å². The fourth-order valence-corrected chi connectivity index (χ4v) is 3.05. The highest BCUT2D eigenvalue weighted by Gasteiger charge is 2.12. The van der Waals surface area contributed by atoms with Gasteiger partial charge in [-0.3, -0.25) is 0 Å². The number of hydrogen-bond acceptors (Lipinski definition) is 3. The minimum Gasteiger partial charge on any atom is -0.396 e. The molecule has 0 spiro atoms. The minimum absolute atomic E-state index is 0.157. The fourth-order valence-electron chi connectivity index (χ4n) is 1.98. The van der Waals surface area contributed by atoms with E-state index in [1.165, 1.54) is 0 Å². The Labute approximate surface area is 122 Å². The highest BCUT2D eigenvalue weighted by Crippen LogP contribution is 2.13. The van der Waals surface area contributed by atoms with E-state index < -0.39 is 10.0 Å². The first-order valence-electron chi connectivity index (χ1n) is 7.15. The molecule has 0 heterocycles. The molecule has 1 aromatic rings. The minimum atomic E-state index is -3.41. The summed E-state index contributed by atoms with van der Waals surface area (Å²) in [7, 11) is -3.41. The molecule has 20 heavy (non-hydrogen) atoms. The molecule has 5 heteroatoms. The smallest absolute Gasteiger partial charge is 0.240 e. The predicted octanol–water partition coefficient (Wildman–Crippen LogP) is 2.33. The van der Waals surface area contributed by atoms with Crippen LogP contribution in [0.5, 0.6) is 0 Å². The van der Waals surface area contributed by atoms with E-state index in [1.54, 1.807) is 12.1 Å². The molecule has 0 atom stereocenters. The summed E-state index contributed by atoms with van der Waals surface area (Å²) in [6.45, 7) is 4.84. The molecule has 0 fully saturated rings. The van der Waals surface area contributed by atoms with E-state index in [-0.39, 0.29) is 6.61 Å². The predicted molar refractivity (Wildman–Crippen MR) is 81.1 cm³/mol. The molecule has 0 radical (unpaired) electrons. The number of rotatable bonds is 9. The van der Waals surface area contributed by atoms with E-state index >= 15 is 0 Å². The molecule has 0 unspecified atom stereocenters. The van der Waals surface area contributed by atoms with Gasteiger partial charge in [0.15, 0.2) is 0 Å². The maximum absolute atomic E-state index is 12.0. The summed E-state index contributed by atoms with van der Waals surface area (Å²) in [5.74, 6) is 0.558. The van der Waals surface area contributed by atoms with E-state index in [1.807, 2.05) is 12.1 Å². The third-order valence-corrected chi connectivity index (χ3v) is 4.48. The molecule has 0 aliphatic rings. The van der Waals surface area contributed by atoms with E-state index in [0.29, 0.717) is 23.8 Å². The van der Waals surface area contributed by atoms with Gasteiger partial charge in [0.05, 0.1) is 4.90 Å². The van der Waals surface area contributed by atoms with Crippen molar-refractivity contribution >= 4 is 10.0 Å². The van der Waals surface area contributed by atoms with Gasteiger partial charge in [0, 0.05) is 13.2 Å². The number of sulfonamides is 1. The van der Waals surface area contributed by atoms with Crippen LogP contribution in [-0.4, -0.2) is 26.7 Å². The topological polar surface area (TPSA) is 66.4 Å². The molecule has 0 saturated heterocycles. The van der Waals surface area contributed by atoms with Crippen LogP contribution in [0.25, 0.3) is 0 Å². The molecule has 0 amide bonds. The van der Waals surface area contributed by atoms with Crippen LogP contribution in [0.1, 0.15) is 38.7 Å². The van der Waals surface area contributed by atoms with Gasteiger partial charge in [-0.2, -0.15) is 0 Å². The van der Waals surface area contributed by atoms with Gasteiger partial charge >= 0.3 is 0 Å². The van der Waals surface area contributed by atoms with Crippen molar-refractivity contribution in [2.75, 3.05) is 13.2 Å². The van der Waals surface area contributed by atoms with Gasteiger partial charge in [-0.1, -0.05) is 26.0 Å². The van der Waals surface area contributed by atoms with E-state index in [0.717, 1.165) is 24.8 Å². The molecule has 2 N–H and O–H groups in total. The third kappa shape index (κ3) is 6.03. The van der Waals surface area contributed by atoms with Crippen molar-refractivity contribution in [2.24, 2.45) is 5.92 Å². The molecular weight excluding hydrogens is 274 g/mol. The van der Waals surface area contributed by atoms with Crippen molar-refractivity contribution in [3.8, 4) is 0 Å². The Hall–Kier alpha value is -0.910. The van der Waals surface area contributed by atoms with Crippen molar-refractivity contribution in [1.82, 2.24) is 4.72 Å². The number of benzene rings is 1. The normalized spacial score (nSPS) is 12.0. The number of unbranched alkanes of at least 4 members (excludes halogenated alkanes) is 2. The Balaban J connectivity index is 2.54. The summed E-state index contributed by atoms with van der Waals surface area (Å²) in [6.07, 6.45) is 3.23. The second-order valence-electron chi connectivity index (χ2n) is 5.42. The SMILES string of the molecule is CC(C)Cc1ccc(S(=O)(=O)NCCCCCO)cc1. The van der Waals surface area contributed by atoms with E-state index in [9.17, 15) is 8.42 Å². The average molecular weight is 299 g/mol. The second-order valence-corrected chi connectivity index (χ2v) is 7.19. The van der Waals surface area contributed by atoms with Gasteiger partial charge in [-0.05, 0) is 49.3 Å². The first kappa shape index (κ1) is 17.1. The van der Waals surface area contributed by atoms with Gasteiger partial charge in [0.2, 0.25) is 10.0 Å². The lowest BCUT2D eigenvalue weighted by atomic mass is 10.0. The maximum atomic E-state index is 12.0. The van der Waals surface area contributed by atoms with Gasteiger partial charge in [-0.15, -0.1) is 0 Å². The highest BCUT2D eigenvalue weighted by molar-refractivity contribution is 7.89. The van der Waals surface area contributed by atoms with Crippen molar-refractivity contribution in [3.63, 3.8) is 0 Å². The van der Waals surface area contributed by atoms with Crippen molar-refractivity contribution in [1.29, 1.82) is 0 Å². The molecule has 0 saturated carbocycles. The molecule has 0 bridgehead atoms. The van der Waals surface area contributed by atoms with Crippen molar-refractivity contribution in [2.45, 2.75) is 44.4 Å². The van der Waals surface area contributed by atoms with Crippen LogP contribution < -0.4 is 4.72 Å². The molecule has 0 aliphatic carbocycles. The van der Waals surface area contributed by atoms with E-state index in [4.69, 9.17) is 5.11 Å². The molecule has 1 rings (SSSR count). The van der Waals surface area contributed by atoms with Crippen LogP contribution in [0.15, 0.2) is 29.2 Å². The van der Waals surface area contributed by atoms with Gasteiger partial charge < -0.3 is 5.11 Å². The lowest BCUT2D eigenvalue weighted by Crippen LogP contribution is -2.24. The zero-order valence-electron chi connectivity index (χ0n) is 12.3. The van der Waals surface area contributed by atoms with Gasteiger partial charge in [0.25, 0.3) is 0 Å². The molecular formula is C15H25NO3S. The van der Waals surface area contributed by atoms with Crippen LogP contribution in [0, 0.1) is 5.92 Å². The first-order valence-corrected chi connectivity index (χ1v) is 8.63. The Kier molecular flexibility index (Phi) is 7.19. The zero-order chi connectivity index (χ0) is 15.0. The second kappa shape index (κ2) is 8.39.